The minimum absolute atomic E-state index is 0.562. The summed E-state index contributed by atoms with van der Waals surface area (Å²) in [4.78, 5) is 4.46. The molecule has 0 heterocycles. The molecule has 3 aromatic carbocycles. The van der Waals surface area contributed by atoms with Gasteiger partial charge in [-0.3, -0.25) is 0 Å². The third-order valence-electron chi connectivity index (χ3n) is 3.64. The highest BCUT2D eigenvalue weighted by atomic mass is 32.2. The van der Waals surface area contributed by atoms with Crippen molar-refractivity contribution in [1.29, 1.82) is 0 Å². The molecule has 0 aromatic heterocycles. The van der Waals surface area contributed by atoms with Crippen molar-refractivity contribution < 1.29 is 4.74 Å². The highest BCUT2D eigenvalue weighted by Gasteiger charge is 2.03. The van der Waals surface area contributed by atoms with E-state index in [1.165, 1.54) is 16.3 Å². The van der Waals surface area contributed by atoms with Crippen molar-refractivity contribution in [2.75, 3.05) is 6.61 Å². The first-order chi connectivity index (χ1) is 11.8. The molecule has 3 rings (SSSR count). The van der Waals surface area contributed by atoms with Crippen LogP contribution in [0.25, 0.3) is 10.8 Å². The first-order valence-corrected chi connectivity index (χ1v) is 8.91. The monoisotopic (exact) mass is 336 g/mol. The van der Waals surface area contributed by atoms with E-state index < -0.39 is 0 Å². The quantitative estimate of drug-likeness (QED) is 0.520. The zero-order valence-corrected chi connectivity index (χ0v) is 14.4. The van der Waals surface area contributed by atoms with Gasteiger partial charge in [-0.2, -0.15) is 0 Å². The lowest BCUT2D eigenvalue weighted by Gasteiger charge is -2.06. The fourth-order valence-electron chi connectivity index (χ4n) is 2.51. The van der Waals surface area contributed by atoms with E-state index in [0.29, 0.717) is 11.8 Å². The average molecular weight is 336 g/mol. The molecule has 0 aliphatic carbocycles. The molecule has 0 fully saturated rings. The third kappa shape index (κ3) is 4.09. The molecule has 0 atom stereocenters. The minimum atomic E-state index is 0.562. The van der Waals surface area contributed by atoms with Gasteiger partial charge < -0.3 is 10.5 Å². The van der Waals surface area contributed by atoms with Crippen LogP contribution in [0, 0.1) is 0 Å². The highest BCUT2D eigenvalue weighted by molar-refractivity contribution is 8.13. The van der Waals surface area contributed by atoms with Crippen molar-refractivity contribution in [1.82, 2.24) is 0 Å². The average Bonchev–Trinajstić information content (AvgIpc) is 2.62. The van der Waals surface area contributed by atoms with Crippen molar-refractivity contribution in [3.8, 4) is 5.75 Å². The van der Waals surface area contributed by atoms with Gasteiger partial charge in [0.05, 0.1) is 12.3 Å². The van der Waals surface area contributed by atoms with Crippen LogP contribution in [0.1, 0.15) is 12.5 Å². The number of fused-ring (bicyclic) bond motifs is 1. The molecule has 2 N–H and O–H groups in total. The fraction of sp³-hybridized carbons (Fsp3) is 0.150. The second-order valence-electron chi connectivity index (χ2n) is 5.30. The molecule has 0 amide bonds. The second kappa shape index (κ2) is 7.88. The first kappa shape index (κ1) is 16.4. The van der Waals surface area contributed by atoms with Gasteiger partial charge in [0, 0.05) is 5.75 Å². The fourth-order valence-corrected chi connectivity index (χ4v) is 3.24. The van der Waals surface area contributed by atoms with Crippen LogP contribution >= 0.6 is 11.8 Å². The van der Waals surface area contributed by atoms with Crippen LogP contribution in [0.4, 0.5) is 5.69 Å². The topological polar surface area (TPSA) is 47.6 Å². The molecule has 3 nitrogen and oxygen atoms in total. The standard InChI is InChI=1S/C20H20N2OS/c1-2-23-18-12-10-17(11-13-18)22-20(21)24-14-16-8-5-7-15-6-3-4-9-19(15)16/h3-13H,2,14H2,1H3,(H2,21,22). The SMILES string of the molecule is CCOc1ccc(N=C(N)SCc2cccc3ccccc23)cc1. The summed E-state index contributed by atoms with van der Waals surface area (Å²) in [6, 6.07) is 22.4. The van der Waals surface area contributed by atoms with Crippen molar-refractivity contribution >= 4 is 33.4 Å². The molecular weight excluding hydrogens is 316 g/mol. The second-order valence-corrected chi connectivity index (χ2v) is 6.30. The zero-order chi connectivity index (χ0) is 16.8. The maximum absolute atomic E-state index is 6.08. The number of hydrogen-bond donors (Lipinski definition) is 1. The molecule has 0 saturated carbocycles. The van der Waals surface area contributed by atoms with E-state index in [9.17, 15) is 0 Å². The summed E-state index contributed by atoms with van der Waals surface area (Å²) in [5, 5.41) is 3.08. The predicted octanol–water partition coefficient (Wildman–Crippen LogP) is 5.12. The number of aliphatic imine (C=N–C) groups is 1. The number of nitrogens with zero attached hydrogens (tertiary/aromatic N) is 1. The largest absolute Gasteiger partial charge is 0.494 e. The summed E-state index contributed by atoms with van der Waals surface area (Å²) in [7, 11) is 0. The summed E-state index contributed by atoms with van der Waals surface area (Å²) in [6.07, 6.45) is 0. The summed E-state index contributed by atoms with van der Waals surface area (Å²) < 4.78 is 5.43. The summed E-state index contributed by atoms with van der Waals surface area (Å²) in [5.74, 6) is 1.65. The van der Waals surface area contributed by atoms with Crippen molar-refractivity contribution in [2.24, 2.45) is 10.7 Å². The van der Waals surface area contributed by atoms with Gasteiger partial charge in [-0.15, -0.1) is 0 Å². The molecule has 0 aliphatic rings. The van der Waals surface area contributed by atoms with Gasteiger partial charge in [0.15, 0.2) is 5.17 Å². The van der Waals surface area contributed by atoms with Gasteiger partial charge in [0.25, 0.3) is 0 Å². The van der Waals surface area contributed by atoms with E-state index in [4.69, 9.17) is 10.5 Å². The van der Waals surface area contributed by atoms with Crippen molar-refractivity contribution in [2.45, 2.75) is 12.7 Å². The Morgan fingerprint density at radius 1 is 1.00 bits per heavy atom. The van der Waals surface area contributed by atoms with Crippen LogP contribution in [-0.2, 0) is 5.75 Å². The van der Waals surface area contributed by atoms with Gasteiger partial charge in [-0.1, -0.05) is 54.2 Å². The van der Waals surface area contributed by atoms with Crippen LogP contribution in [0.5, 0.6) is 5.75 Å². The zero-order valence-electron chi connectivity index (χ0n) is 13.6. The lowest BCUT2D eigenvalue weighted by molar-refractivity contribution is 0.340. The molecule has 24 heavy (non-hydrogen) atoms. The van der Waals surface area contributed by atoms with Crippen LogP contribution in [0.3, 0.4) is 0 Å². The molecule has 0 saturated heterocycles. The molecule has 3 aromatic rings. The van der Waals surface area contributed by atoms with E-state index in [1.54, 1.807) is 11.8 Å². The summed E-state index contributed by atoms with van der Waals surface area (Å²) >= 11 is 1.55. The van der Waals surface area contributed by atoms with Crippen LogP contribution < -0.4 is 10.5 Å². The van der Waals surface area contributed by atoms with Crippen molar-refractivity contribution in [3.63, 3.8) is 0 Å². The highest BCUT2D eigenvalue weighted by Crippen LogP contribution is 2.24. The number of amidine groups is 1. The van der Waals surface area contributed by atoms with Crippen molar-refractivity contribution in [3.05, 3.63) is 72.3 Å². The van der Waals surface area contributed by atoms with Crippen LogP contribution in [0.15, 0.2) is 71.7 Å². The Morgan fingerprint density at radius 3 is 2.54 bits per heavy atom. The lowest BCUT2D eigenvalue weighted by Crippen LogP contribution is -2.06. The van der Waals surface area contributed by atoms with E-state index in [0.717, 1.165) is 17.2 Å². The predicted molar refractivity (Wildman–Crippen MR) is 104 cm³/mol. The normalized spacial score (nSPS) is 11.6. The van der Waals surface area contributed by atoms with E-state index in [1.807, 2.05) is 31.2 Å². The molecule has 0 radical (unpaired) electrons. The first-order valence-electron chi connectivity index (χ1n) is 7.92. The van der Waals surface area contributed by atoms with Gasteiger partial charge in [-0.05, 0) is 47.5 Å². The Labute approximate surface area is 146 Å². The number of rotatable bonds is 5. The number of nitrogens with two attached hydrogens (primary N) is 1. The Bertz CT molecular complexity index is 838. The Morgan fingerprint density at radius 2 is 1.75 bits per heavy atom. The van der Waals surface area contributed by atoms with E-state index in [2.05, 4.69) is 47.5 Å². The number of thioether (sulfide) groups is 1. The number of benzene rings is 3. The van der Waals surface area contributed by atoms with Crippen LogP contribution in [0.2, 0.25) is 0 Å². The minimum Gasteiger partial charge on any atom is -0.494 e. The molecule has 4 heteroatoms. The van der Waals surface area contributed by atoms with E-state index in [-0.39, 0.29) is 0 Å². The Balaban J connectivity index is 1.69. The third-order valence-corrected chi connectivity index (χ3v) is 4.48. The molecule has 0 unspecified atom stereocenters. The maximum Gasteiger partial charge on any atom is 0.159 e. The lowest BCUT2D eigenvalue weighted by atomic mass is 10.1. The molecule has 122 valence electrons. The molecule has 0 aliphatic heterocycles. The summed E-state index contributed by atoms with van der Waals surface area (Å²) in [5.41, 5.74) is 8.18. The molecule has 0 spiro atoms. The molecule has 0 bridgehead atoms. The van der Waals surface area contributed by atoms with Crippen LogP contribution in [-0.4, -0.2) is 11.8 Å². The number of ether oxygens (including phenoxy) is 1. The van der Waals surface area contributed by atoms with Gasteiger partial charge in [0.2, 0.25) is 0 Å². The summed E-state index contributed by atoms with van der Waals surface area (Å²) in [6.45, 7) is 2.62. The van der Waals surface area contributed by atoms with E-state index >= 15 is 0 Å². The number of hydrogen-bond acceptors (Lipinski definition) is 3. The Hall–Kier alpha value is -2.46. The van der Waals surface area contributed by atoms with Gasteiger partial charge in [-0.25, -0.2) is 4.99 Å². The van der Waals surface area contributed by atoms with Gasteiger partial charge >= 0.3 is 0 Å². The van der Waals surface area contributed by atoms with Gasteiger partial charge in [0.1, 0.15) is 5.75 Å². The smallest absolute Gasteiger partial charge is 0.159 e. The Kier molecular flexibility index (Phi) is 5.39. The maximum atomic E-state index is 6.08. The molecular formula is C20H20N2OS.